The summed E-state index contributed by atoms with van der Waals surface area (Å²) in [6, 6.07) is -4.68. The van der Waals surface area contributed by atoms with E-state index in [2.05, 4.69) is 38.5 Å². The van der Waals surface area contributed by atoms with Crippen LogP contribution in [0.4, 0.5) is 0 Å². The molecule has 12 nitrogen and oxygen atoms in total. The zero-order valence-electron chi connectivity index (χ0n) is 17.5. The molecule has 0 fully saturated rings. The number of aromatic nitrogens is 2. The van der Waals surface area contributed by atoms with Gasteiger partial charge < -0.3 is 36.9 Å². The molecule has 0 aliphatic rings. The molecule has 1 aromatic rings. The molecule has 5 atom stereocenters. The number of thiol groups is 1. The smallest absolute Gasteiger partial charge is 0.327 e. The minimum atomic E-state index is -1.27. The van der Waals surface area contributed by atoms with Crippen molar-refractivity contribution < 1.29 is 29.4 Å². The summed E-state index contributed by atoms with van der Waals surface area (Å²) in [5.41, 5.74) is 6.14. The Balaban J connectivity index is 3.00. The van der Waals surface area contributed by atoms with Crippen molar-refractivity contribution in [3.8, 4) is 0 Å². The van der Waals surface area contributed by atoms with Gasteiger partial charge in [0.15, 0.2) is 0 Å². The molecular weight excluding hydrogens is 428 g/mol. The average Bonchev–Trinajstić information content (AvgIpc) is 3.20. The molecular formula is C18H30N6O6S. The highest BCUT2D eigenvalue weighted by molar-refractivity contribution is 7.80. The van der Waals surface area contributed by atoms with Crippen LogP contribution in [0.3, 0.4) is 0 Å². The normalized spacial score (nSPS) is 16.0. The fourth-order valence-corrected chi connectivity index (χ4v) is 2.80. The van der Waals surface area contributed by atoms with Crippen LogP contribution in [-0.4, -0.2) is 79.9 Å². The van der Waals surface area contributed by atoms with Crippen LogP contribution in [0.1, 0.15) is 26.5 Å². The number of aromatic amines is 1. The van der Waals surface area contributed by atoms with E-state index >= 15 is 0 Å². The van der Waals surface area contributed by atoms with Crippen molar-refractivity contribution >= 4 is 36.3 Å². The van der Waals surface area contributed by atoms with Crippen LogP contribution >= 0.6 is 12.6 Å². The number of aliphatic hydroxyl groups is 1. The number of carboxylic acids is 1. The topological polar surface area (TPSA) is 200 Å². The minimum Gasteiger partial charge on any atom is -0.480 e. The molecule has 0 aliphatic carbocycles. The number of aliphatic carboxylic acids is 1. The van der Waals surface area contributed by atoms with Gasteiger partial charge in [0.1, 0.15) is 24.2 Å². The van der Waals surface area contributed by atoms with Crippen molar-refractivity contribution in [2.24, 2.45) is 11.7 Å². The van der Waals surface area contributed by atoms with Crippen molar-refractivity contribution in [1.29, 1.82) is 0 Å². The highest BCUT2D eigenvalue weighted by atomic mass is 32.1. The van der Waals surface area contributed by atoms with E-state index in [1.807, 2.05) is 0 Å². The molecule has 0 bridgehead atoms. The summed E-state index contributed by atoms with van der Waals surface area (Å²) in [5, 5.41) is 26.0. The average molecular weight is 459 g/mol. The Bertz CT molecular complexity index is 757. The summed E-state index contributed by atoms with van der Waals surface area (Å²) in [7, 11) is 0. The van der Waals surface area contributed by atoms with Gasteiger partial charge in [0, 0.05) is 24.1 Å². The number of aliphatic hydroxyl groups excluding tert-OH is 1. The van der Waals surface area contributed by atoms with Crippen molar-refractivity contribution in [2.75, 3.05) is 5.75 Å². The van der Waals surface area contributed by atoms with Crippen molar-refractivity contribution in [2.45, 2.75) is 57.5 Å². The highest BCUT2D eigenvalue weighted by Gasteiger charge is 2.32. The van der Waals surface area contributed by atoms with E-state index in [0.29, 0.717) is 5.69 Å². The maximum absolute atomic E-state index is 12.9. The van der Waals surface area contributed by atoms with E-state index < -0.39 is 54.0 Å². The number of carbonyl (C=O) groups excluding carboxylic acids is 3. The largest absolute Gasteiger partial charge is 0.480 e. The van der Waals surface area contributed by atoms with Crippen LogP contribution in [0, 0.1) is 5.92 Å². The fraction of sp³-hybridized carbons (Fsp3) is 0.611. The second-order valence-electron chi connectivity index (χ2n) is 7.42. The molecule has 1 heterocycles. The molecule has 0 aliphatic heterocycles. The Morgan fingerprint density at radius 3 is 2.16 bits per heavy atom. The van der Waals surface area contributed by atoms with Gasteiger partial charge in [-0.2, -0.15) is 12.6 Å². The molecule has 0 radical (unpaired) electrons. The molecule has 5 unspecified atom stereocenters. The lowest BCUT2D eigenvalue weighted by molar-refractivity contribution is -0.141. The molecule has 1 aromatic heterocycles. The summed E-state index contributed by atoms with van der Waals surface area (Å²) in [6.07, 6.45) is 1.74. The quantitative estimate of drug-likeness (QED) is 0.161. The summed E-state index contributed by atoms with van der Waals surface area (Å²) >= 11 is 3.91. The van der Waals surface area contributed by atoms with Gasteiger partial charge in [0.05, 0.1) is 12.4 Å². The van der Waals surface area contributed by atoms with Crippen molar-refractivity contribution in [3.63, 3.8) is 0 Å². The Labute approximate surface area is 185 Å². The predicted molar refractivity (Wildman–Crippen MR) is 114 cm³/mol. The number of nitrogens with one attached hydrogen (secondary N) is 4. The van der Waals surface area contributed by atoms with Crippen LogP contribution in [-0.2, 0) is 25.6 Å². The number of carboxylic acid groups (broad SMARTS) is 1. The first-order valence-corrected chi connectivity index (χ1v) is 10.3. The Kier molecular flexibility index (Phi) is 10.4. The lowest BCUT2D eigenvalue weighted by Crippen LogP contribution is -2.59. The lowest BCUT2D eigenvalue weighted by Gasteiger charge is -2.27. The summed E-state index contributed by atoms with van der Waals surface area (Å²) in [6.45, 7) is 4.72. The van der Waals surface area contributed by atoms with Crippen LogP contribution in [0.15, 0.2) is 12.5 Å². The lowest BCUT2D eigenvalue weighted by atomic mass is 10.0. The molecule has 174 valence electrons. The minimum absolute atomic E-state index is 0.00241. The van der Waals surface area contributed by atoms with Gasteiger partial charge in [-0.25, -0.2) is 9.78 Å². The first kappa shape index (κ1) is 26.4. The monoisotopic (exact) mass is 458 g/mol. The standard InChI is InChI=1S/C18H30N6O6S/c1-8(2)14(24-16(27)13(19)9(3)25)17(28)22-11(4-10-5-20-7-21-10)15(26)23-12(6-31)18(29)30/h5,7-9,11-14,25,31H,4,6,19H2,1-3H3,(H,20,21)(H,22,28)(H,23,26)(H,24,27)(H,29,30). The van der Waals surface area contributed by atoms with Gasteiger partial charge in [-0.15, -0.1) is 0 Å². The SMILES string of the molecule is CC(C)C(NC(=O)C(N)C(C)O)C(=O)NC(Cc1cnc[nH]1)C(=O)NC(CS)C(=O)O. The van der Waals surface area contributed by atoms with Crippen molar-refractivity contribution in [1.82, 2.24) is 25.9 Å². The van der Waals surface area contributed by atoms with Gasteiger partial charge >= 0.3 is 5.97 Å². The third-order valence-electron chi connectivity index (χ3n) is 4.48. The van der Waals surface area contributed by atoms with Gasteiger partial charge in [0.2, 0.25) is 17.7 Å². The Hall–Kier alpha value is -2.64. The zero-order valence-corrected chi connectivity index (χ0v) is 18.4. The highest BCUT2D eigenvalue weighted by Crippen LogP contribution is 2.06. The molecule has 8 N–H and O–H groups in total. The van der Waals surface area contributed by atoms with E-state index in [1.54, 1.807) is 13.8 Å². The number of nitrogens with zero attached hydrogens (tertiary/aromatic N) is 1. The Morgan fingerprint density at radius 1 is 1.10 bits per heavy atom. The molecule has 3 amide bonds. The van der Waals surface area contributed by atoms with Crippen LogP contribution in [0.5, 0.6) is 0 Å². The molecule has 13 heteroatoms. The van der Waals surface area contributed by atoms with E-state index in [9.17, 15) is 24.3 Å². The first-order valence-electron chi connectivity index (χ1n) is 9.63. The van der Waals surface area contributed by atoms with Crippen LogP contribution in [0.25, 0.3) is 0 Å². The molecule has 0 saturated carbocycles. The molecule has 0 aromatic carbocycles. The van der Waals surface area contributed by atoms with Gasteiger partial charge in [-0.1, -0.05) is 13.8 Å². The summed E-state index contributed by atoms with van der Waals surface area (Å²) in [4.78, 5) is 55.7. The van der Waals surface area contributed by atoms with E-state index in [-0.39, 0.29) is 18.1 Å². The molecule has 1 rings (SSSR count). The van der Waals surface area contributed by atoms with Gasteiger partial charge in [0.25, 0.3) is 0 Å². The van der Waals surface area contributed by atoms with Gasteiger partial charge in [-0.05, 0) is 12.8 Å². The van der Waals surface area contributed by atoms with Crippen LogP contribution in [0.2, 0.25) is 0 Å². The number of rotatable bonds is 12. The third-order valence-corrected chi connectivity index (χ3v) is 4.84. The Morgan fingerprint density at radius 2 is 1.71 bits per heavy atom. The molecule has 31 heavy (non-hydrogen) atoms. The molecule has 0 saturated heterocycles. The maximum atomic E-state index is 12.9. The van der Waals surface area contributed by atoms with Crippen LogP contribution < -0.4 is 21.7 Å². The number of nitrogens with two attached hydrogens (primary N) is 1. The second-order valence-corrected chi connectivity index (χ2v) is 7.79. The number of amides is 3. The summed E-state index contributed by atoms with van der Waals surface area (Å²) in [5.74, 6) is -3.91. The number of hydrogen-bond acceptors (Lipinski definition) is 8. The van der Waals surface area contributed by atoms with Crippen molar-refractivity contribution in [3.05, 3.63) is 18.2 Å². The fourth-order valence-electron chi connectivity index (χ4n) is 2.55. The number of H-pyrrole nitrogens is 1. The number of carbonyl (C=O) groups is 4. The van der Waals surface area contributed by atoms with E-state index in [1.165, 1.54) is 19.4 Å². The first-order chi connectivity index (χ1) is 14.5. The third kappa shape index (κ3) is 8.19. The molecule has 0 spiro atoms. The summed E-state index contributed by atoms with van der Waals surface area (Å²) < 4.78 is 0. The number of imidazole rings is 1. The van der Waals surface area contributed by atoms with E-state index in [0.717, 1.165) is 0 Å². The maximum Gasteiger partial charge on any atom is 0.327 e. The predicted octanol–water partition coefficient (Wildman–Crippen LogP) is -2.21. The second kappa shape index (κ2) is 12.3. The zero-order chi connectivity index (χ0) is 23.7. The van der Waals surface area contributed by atoms with Gasteiger partial charge in [-0.3, -0.25) is 14.4 Å². The van der Waals surface area contributed by atoms with E-state index in [4.69, 9.17) is 10.8 Å². The number of hydrogen-bond donors (Lipinski definition) is 8.